The third-order valence-corrected chi connectivity index (χ3v) is 5.07. The minimum Gasteiger partial charge on any atom is -0.335 e. The Labute approximate surface area is 140 Å². The second-order valence-corrected chi connectivity index (χ2v) is 6.83. The summed E-state index contributed by atoms with van der Waals surface area (Å²) < 4.78 is 0. The van der Waals surface area contributed by atoms with Crippen LogP contribution in [0.25, 0.3) is 0 Å². The van der Waals surface area contributed by atoms with Crippen LogP contribution in [-0.2, 0) is 0 Å². The highest BCUT2D eigenvalue weighted by molar-refractivity contribution is 7.12. The number of thiophene rings is 1. The Morgan fingerprint density at radius 3 is 2.22 bits per heavy atom. The first-order valence-electron chi connectivity index (χ1n) is 7.75. The number of carbonyl (C=O) groups excluding carboxylic acids is 2. The second kappa shape index (κ2) is 6.54. The largest absolute Gasteiger partial charge is 0.335 e. The summed E-state index contributed by atoms with van der Waals surface area (Å²) in [6.45, 7) is 6.31. The number of amides is 2. The summed E-state index contributed by atoms with van der Waals surface area (Å²) in [6, 6.07) is 9.68. The van der Waals surface area contributed by atoms with Gasteiger partial charge in [0.05, 0.1) is 4.88 Å². The number of aryl methyl sites for hydroxylation is 2. The zero-order valence-corrected chi connectivity index (χ0v) is 14.2. The van der Waals surface area contributed by atoms with E-state index < -0.39 is 0 Å². The van der Waals surface area contributed by atoms with E-state index in [2.05, 4.69) is 0 Å². The molecule has 0 unspecified atom stereocenters. The fraction of sp³-hybridized carbons (Fsp3) is 0.333. The maximum absolute atomic E-state index is 12.7. The summed E-state index contributed by atoms with van der Waals surface area (Å²) in [4.78, 5) is 29.5. The number of benzene rings is 1. The summed E-state index contributed by atoms with van der Waals surface area (Å²) in [7, 11) is 0. The lowest BCUT2D eigenvalue weighted by atomic mass is 10.0. The van der Waals surface area contributed by atoms with Crippen LogP contribution in [0.4, 0.5) is 0 Å². The van der Waals surface area contributed by atoms with Gasteiger partial charge in [-0.2, -0.15) is 0 Å². The van der Waals surface area contributed by atoms with Crippen LogP contribution in [0, 0.1) is 13.8 Å². The van der Waals surface area contributed by atoms with Gasteiger partial charge in [0.1, 0.15) is 0 Å². The van der Waals surface area contributed by atoms with Gasteiger partial charge in [0.15, 0.2) is 0 Å². The maximum atomic E-state index is 12.7. The van der Waals surface area contributed by atoms with Crippen molar-refractivity contribution in [2.24, 2.45) is 0 Å². The predicted octanol–water partition coefficient (Wildman–Crippen LogP) is 2.96. The first-order chi connectivity index (χ1) is 11.1. The van der Waals surface area contributed by atoms with Crippen LogP contribution in [0.2, 0.25) is 0 Å². The average Bonchev–Trinajstić information content (AvgIpc) is 3.10. The van der Waals surface area contributed by atoms with Crippen LogP contribution < -0.4 is 0 Å². The lowest BCUT2D eigenvalue weighted by Crippen LogP contribution is -2.50. The molecule has 1 aliphatic rings. The fourth-order valence-electron chi connectivity index (χ4n) is 2.81. The van der Waals surface area contributed by atoms with E-state index in [0.717, 1.165) is 21.6 Å². The lowest BCUT2D eigenvalue weighted by Gasteiger charge is -2.34. The number of nitrogens with zero attached hydrogens (tertiary/aromatic N) is 2. The maximum Gasteiger partial charge on any atom is 0.264 e. The summed E-state index contributed by atoms with van der Waals surface area (Å²) in [6.07, 6.45) is 0. The molecule has 1 aromatic heterocycles. The van der Waals surface area contributed by atoms with Crippen molar-refractivity contribution in [2.75, 3.05) is 26.2 Å². The van der Waals surface area contributed by atoms with Crippen LogP contribution in [0.1, 0.15) is 31.2 Å². The molecule has 1 aromatic carbocycles. The molecule has 1 saturated heterocycles. The number of hydrogen-bond acceptors (Lipinski definition) is 3. The van der Waals surface area contributed by atoms with Crippen LogP contribution in [0.15, 0.2) is 35.7 Å². The quantitative estimate of drug-likeness (QED) is 0.850. The normalized spacial score (nSPS) is 14.9. The molecule has 0 atom stereocenters. The second-order valence-electron chi connectivity index (χ2n) is 5.88. The molecule has 2 amide bonds. The van der Waals surface area contributed by atoms with Crippen molar-refractivity contribution in [3.63, 3.8) is 0 Å². The monoisotopic (exact) mass is 328 g/mol. The third kappa shape index (κ3) is 3.29. The van der Waals surface area contributed by atoms with Crippen molar-refractivity contribution >= 4 is 23.2 Å². The first kappa shape index (κ1) is 15.7. The number of hydrogen-bond donors (Lipinski definition) is 0. The van der Waals surface area contributed by atoms with Gasteiger partial charge in [0.25, 0.3) is 11.8 Å². The van der Waals surface area contributed by atoms with Gasteiger partial charge < -0.3 is 9.80 Å². The molecule has 2 heterocycles. The van der Waals surface area contributed by atoms with Crippen LogP contribution in [-0.4, -0.2) is 47.8 Å². The van der Waals surface area contributed by atoms with E-state index in [1.807, 2.05) is 59.4 Å². The molecular weight excluding hydrogens is 308 g/mol. The Kier molecular flexibility index (Phi) is 4.48. The molecule has 0 bridgehead atoms. The Bertz CT molecular complexity index is 717. The van der Waals surface area contributed by atoms with Gasteiger partial charge in [-0.3, -0.25) is 9.59 Å². The smallest absolute Gasteiger partial charge is 0.264 e. The lowest BCUT2D eigenvalue weighted by molar-refractivity contribution is 0.0537. The molecule has 5 heteroatoms. The number of piperazine rings is 1. The average molecular weight is 328 g/mol. The van der Waals surface area contributed by atoms with Crippen LogP contribution in [0.3, 0.4) is 0 Å². The van der Waals surface area contributed by atoms with Crippen molar-refractivity contribution in [1.82, 2.24) is 9.80 Å². The summed E-state index contributed by atoms with van der Waals surface area (Å²) in [5, 5.41) is 1.91. The Morgan fingerprint density at radius 2 is 1.61 bits per heavy atom. The Hall–Kier alpha value is -2.14. The zero-order chi connectivity index (χ0) is 16.4. The van der Waals surface area contributed by atoms with E-state index in [1.54, 1.807) is 0 Å². The summed E-state index contributed by atoms with van der Waals surface area (Å²) in [5.74, 6) is 0.133. The van der Waals surface area contributed by atoms with Crippen molar-refractivity contribution in [1.29, 1.82) is 0 Å². The van der Waals surface area contributed by atoms with E-state index in [4.69, 9.17) is 0 Å². The minimum atomic E-state index is 0.0643. The Balaban J connectivity index is 1.66. The van der Waals surface area contributed by atoms with E-state index in [9.17, 15) is 9.59 Å². The standard InChI is InChI=1S/C18H20N2O2S/c1-13-5-6-14(2)15(12-13)17(21)19-7-9-20(10-8-19)18(22)16-4-3-11-23-16/h3-6,11-12H,7-10H2,1-2H3. The van der Waals surface area contributed by atoms with Crippen molar-refractivity contribution < 1.29 is 9.59 Å². The van der Waals surface area contributed by atoms with Crippen molar-refractivity contribution in [3.8, 4) is 0 Å². The van der Waals surface area contributed by atoms with E-state index >= 15 is 0 Å². The summed E-state index contributed by atoms with van der Waals surface area (Å²) in [5.41, 5.74) is 2.85. The van der Waals surface area contributed by atoms with Crippen LogP contribution in [0.5, 0.6) is 0 Å². The van der Waals surface area contributed by atoms with Gasteiger partial charge in [-0.25, -0.2) is 0 Å². The van der Waals surface area contributed by atoms with E-state index in [0.29, 0.717) is 26.2 Å². The fourth-order valence-corrected chi connectivity index (χ4v) is 3.50. The van der Waals surface area contributed by atoms with Gasteiger partial charge in [0, 0.05) is 31.7 Å². The number of rotatable bonds is 2. The highest BCUT2D eigenvalue weighted by Gasteiger charge is 2.26. The first-order valence-corrected chi connectivity index (χ1v) is 8.63. The van der Waals surface area contributed by atoms with E-state index in [1.165, 1.54) is 11.3 Å². The summed E-state index contributed by atoms with van der Waals surface area (Å²) >= 11 is 1.46. The van der Waals surface area contributed by atoms with E-state index in [-0.39, 0.29) is 11.8 Å². The molecule has 0 radical (unpaired) electrons. The van der Waals surface area contributed by atoms with Gasteiger partial charge >= 0.3 is 0 Å². The molecule has 23 heavy (non-hydrogen) atoms. The van der Waals surface area contributed by atoms with Crippen molar-refractivity contribution in [2.45, 2.75) is 13.8 Å². The minimum absolute atomic E-state index is 0.0643. The molecule has 0 aliphatic carbocycles. The molecule has 4 nitrogen and oxygen atoms in total. The molecule has 0 N–H and O–H groups in total. The molecule has 120 valence electrons. The molecule has 2 aromatic rings. The predicted molar refractivity (Wildman–Crippen MR) is 92.0 cm³/mol. The Morgan fingerprint density at radius 1 is 0.957 bits per heavy atom. The highest BCUT2D eigenvalue weighted by atomic mass is 32.1. The van der Waals surface area contributed by atoms with Gasteiger partial charge in [-0.15, -0.1) is 11.3 Å². The third-order valence-electron chi connectivity index (χ3n) is 4.21. The van der Waals surface area contributed by atoms with Crippen LogP contribution >= 0.6 is 11.3 Å². The molecule has 1 fully saturated rings. The molecular formula is C18H20N2O2S. The van der Waals surface area contributed by atoms with Gasteiger partial charge in [-0.1, -0.05) is 23.8 Å². The molecule has 3 rings (SSSR count). The van der Waals surface area contributed by atoms with Gasteiger partial charge in [-0.05, 0) is 36.9 Å². The SMILES string of the molecule is Cc1ccc(C)c(C(=O)N2CCN(C(=O)c3cccs3)CC2)c1. The molecule has 1 aliphatic heterocycles. The molecule has 0 spiro atoms. The highest BCUT2D eigenvalue weighted by Crippen LogP contribution is 2.17. The number of carbonyl (C=O) groups is 2. The topological polar surface area (TPSA) is 40.6 Å². The zero-order valence-electron chi connectivity index (χ0n) is 13.4. The molecule has 0 saturated carbocycles. The van der Waals surface area contributed by atoms with Gasteiger partial charge in [0.2, 0.25) is 0 Å². The van der Waals surface area contributed by atoms with Crippen molar-refractivity contribution in [3.05, 3.63) is 57.3 Å².